The van der Waals surface area contributed by atoms with Crippen molar-refractivity contribution in [1.82, 2.24) is 4.98 Å². The summed E-state index contributed by atoms with van der Waals surface area (Å²) < 4.78 is 19.1. The molecule has 0 unspecified atom stereocenters. The molecule has 0 radical (unpaired) electrons. The van der Waals surface area contributed by atoms with Crippen LogP contribution in [0.2, 0.25) is 0 Å². The van der Waals surface area contributed by atoms with E-state index in [1.54, 1.807) is 0 Å². The van der Waals surface area contributed by atoms with Gasteiger partial charge in [0.05, 0.1) is 11.2 Å². The first-order valence-electron chi connectivity index (χ1n) is 11.6. The second kappa shape index (κ2) is 6.59. The van der Waals surface area contributed by atoms with Gasteiger partial charge in [0.2, 0.25) is 5.89 Å². The molecule has 5 heteroatoms. The zero-order valence-electron chi connectivity index (χ0n) is 20.0. The maximum atomic E-state index is 6.41. The second-order valence-corrected chi connectivity index (χ2v) is 10.7. The zero-order valence-corrected chi connectivity index (χ0v) is 20.0. The van der Waals surface area contributed by atoms with Gasteiger partial charge in [0.1, 0.15) is 5.52 Å². The molecular formula is C28H28BNO3. The first kappa shape index (κ1) is 20.7. The predicted molar refractivity (Wildman–Crippen MR) is 133 cm³/mol. The van der Waals surface area contributed by atoms with Crippen LogP contribution in [0.15, 0.2) is 65.1 Å². The molecule has 0 N–H and O–H groups in total. The summed E-state index contributed by atoms with van der Waals surface area (Å²) in [6.07, 6.45) is 0. The number of rotatable bonds is 2. The summed E-state index contributed by atoms with van der Waals surface area (Å²) in [6, 6.07) is 20.9. The second-order valence-electron chi connectivity index (χ2n) is 10.7. The molecule has 1 fully saturated rings. The average Bonchev–Trinajstić information content (AvgIpc) is 3.37. The lowest BCUT2D eigenvalue weighted by Gasteiger charge is -2.32. The Labute approximate surface area is 195 Å². The molecule has 2 aliphatic rings. The summed E-state index contributed by atoms with van der Waals surface area (Å²) in [7, 11) is -0.402. The van der Waals surface area contributed by atoms with Gasteiger partial charge in [-0.2, -0.15) is 0 Å². The number of benzene rings is 3. The molecule has 0 spiro atoms. The van der Waals surface area contributed by atoms with Crippen LogP contribution in [0.3, 0.4) is 0 Å². The highest BCUT2D eigenvalue weighted by atomic mass is 16.7. The summed E-state index contributed by atoms with van der Waals surface area (Å²) in [5.41, 5.74) is 7.66. The Kier molecular flexibility index (Phi) is 4.13. The molecule has 0 bridgehead atoms. The molecule has 3 aromatic carbocycles. The van der Waals surface area contributed by atoms with Crippen molar-refractivity contribution < 1.29 is 13.7 Å². The number of fused-ring (bicyclic) bond motifs is 5. The Morgan fingerprint density at radius 3 is 2.12 bits per heavy atom. The van der Waals surface area contributed by atoms with Crippen LogP contribution < -0.4 is 5.46 Å². The molecule has 0 amide bonds. The normalized spacial score (nSPS) is 19.6. The molecule has 166 valence electrons. The third-order valence-electron chi connectivity index (χ3n) is 7.76. The van der Waals surface area contributed by atoms with Gasteiger partial charge in [-0.1, -0.05) is 56.3 Å². The Balaban J connectivity index is 1.53. The van der Waals surface area contributed by atoms with E-state index in [0.717, 1.165) is 27.7 Å². The summed E-state index contributed by atoms with van der Waals surface area (Å²) in [5.74, 6) is 0.646. The highest BCUT2D eigenvalue weighted by Gasteiger charge is 2.52. The molecule has 2 heterocycles. The van der Waals surface area contributed by atoms with Crippen LogP contribution in [0.5, 0.6) is 0 Å². The third-order valence-corrected chi connectivity index (χ3v) is 7.76. The van der Waals surface area contributed by atoms with E-state index in [4.69, 9.17) is 18.7 Å². The predicted octanol–water partition coefficient (Wildman–Crippen LogP) is 6.10. The van der Waals surface area contributed by atoms with E-state index in [1.807, 2.05) is 30.3 Å². The van der Waals surface area contributed by atoms with Gasteiger partial charge in [0.25, 0.3) is 0 Å². The topological polar surface area (TPSA) is 44.5 Å². The maximum absolute atomic E-state index is 6.41. The average molecular weight is 437 g/mol. The van der Waals surface area contributed by atoms with Gasteiger partial charge in [0.15, 0.2) is 5.58 Å². The maximum Gasteiger partial charge on any atom is 0.494 e. The minimum absolute atomic E-state index is 0.132. The van der Waals surface area contributed by atoms with Gasteiger partial charge < -0.3 is 13.7 Å². The molecule has 1 aliphatic carbocycles. The van der Waals surface area contributed by atoms with E-state index >= 15 is 0 Å². The van der Waals surface area contributed by atoms with E-state index in [2.05, 4.69) is 71.9 Å². The fraction of sp³-hybridized carbons (Fsp3) is 0.321. The van der Waals surface area contributed by atoms with Crippen molar-refractivity contribution in [2.45, 2.75) is 58.2 Å². The number of hydrogen-bond donors (Lipinski definition) is 0. The SMILES string of the molecule is CC1(C)c2ccc(B3OC(C)(C)C(C)(C)O3)cc2-c2c1ccc1nc(-c3ccccc3)oc21. The highest BCUT2D eigenvalue weighted by Crippen LogP contribution is 2.51. The third kappa shape index (κ3) is 2.89. The number of oxazole rings is 1. The fourth-order valence-electron chi connectivity index (χ4n) is 5.07. The van der Waals surface area contributed by atoms with Crippen molar-refractivity contribution in [2.24, 2.45) is 0 Å². The fourth-order valence-corrected chi connectivity index (χ4v) is 5.07. The van der Waals surface area contributed by atoms with Gasteiger partial charge in [-0.05, 0) is 68.0 Å². The molecule has 1 saturated heterocycles. The van der Waals surface area contributed by atoms with E-state index in [0.29, 0.717) is 5.89 Å². The molecule has 4 nitrogen and oxygen atoms in total. The molecule has 6 rings (SSSR count). The Bertz CT molecular complexity index is 1390. The molecule has 4 aromatic rings. The molecule has 0 saturated carbocycles. The number of nitrogens with zero attached hydrogens (tertiary/aromatic N) is 1. The van der Waals surface area contributed by atoms with E-state index in [1.165, 1.54) is 16.7 Å². The van der Waals surface area contributed by atoms with E-state index in [-0.39, 0.29) is 16.6 Å². The zero-order chi connectivity index (χ0) is 23.2. The molecule has 33 heavy (non-hydrogen) atoms. The molecule has 0 atom stereocenters. The standard InChI is InChI=1S/C28H28BNO3/c1-26(2)20-13-12-18(29-32-27(3,4)28(5,6)33-29)16-19(20)23-21(26)14-15-22-24(23)31-25(30-22)17-10-8-7-9-11-17/h7-16H,1-6H3. The summed E-state index contributed by atoms with van der Waals surface area (Å²) in [4.78, 5) is 4.80. The summed E-state index contributed by atoms with van der Waals surface area (Å²) >= 11 is 0. The van der Waals surface area contributed by atoms with Gasteiger partial charge in [-0.3, -0.25) is 0 Å². The van der Waals surface area contributed by atoms with Crippen LogP contribution in [0.25, 0.3) is 33.7 Å². The lowest BCUT2D eigenvalue weighted by Crippen LogP contribution is -2.41. The minimum atomic E-state index is -0.402. The van der Waals surface area contributed by atoms with Crippen LogP contribution in [0, 0.1) is 0 Å². The Hall–Kier alpha value is -2.89. The van der Waals surface area contributed by atoms with Gasteiger partial charge >= 0.3 is 7.12 Å². The monoisotopic (exact) mass is 437 g/mol. The largest absolute Gasteiger partial charge is 0.494 e. The van der Waals surface area contributed by atoms with E-state index in [9.17, 15) is 0 Å². The number of aromatic nitrogens is 1. The van der Waals surface area contributed by atoms with Crippen LogP contribution in [0.4, 0.5) is 0 Å². The van der Waals surface area contributed by atoms with Crippen molar-refractivity contribution in [1.29, 1.82) is 0 Å². The Morgan fingerprint density at radius 1 is 0.758 bits per heavy atom. The summed E-state index contributed by atoms with van der Waals surface area (Å²) in [6.45, 7) is 12.9. The van der Waals surface area contributed by atoms with Crippen LogP contribution in [-0.4, -0.2) is 23.3 Å². The van der Waals surface area contributed by atoms with Crippen LogP contribution >= 0.6 is 0 Å². The van der Waals surface area contributed by atoms with Gasteiger partial charge in [-0.15, -0.1) is 0 Å². The lowest BCUT2D eigenvalue weighted by molar-refractivity contribution is 0.00578. The Morgan fingerprint density at radius 2 is 1.42 bits per heavy atom. The van der Waals surface area contributed by atoms with Crippen molar-refractivity contribution in [2.75, 3.05) is 0 Å². The van der Waals surface area contributed by atoms with E-state index < -0.39 is 7.12 Å². The lowest BCUT2D eigenvalue weighted by atomic mass is 9.76. The van der Waals surface area contributed by atoms with Crippen molar-refractivity contribution in [3.8, 4) is 22.6 Å². The first-order chi connectivity index (χ1) is 15.6. The number of hydrogen-bond acceptors (Lipinski definition) is 4. The highest BCUT2D eigenvalue weighted by molar-refractivity contribution is 6.62. The first-order valence-corrected chi connectivity index (χ1v) is 11.6. The van der Waals surface area contributed by atoms with Crippen LogP contribution in [0.1, 0.15) is 52.7 Å². The van der Waals surface area contributed by atoms with Crippen molar-refractivity contribution in [3.63, 3.8) is 0 Å². The van der Waals surface area contributed by atoms with Crippen molar-refractivity contribution >= 4 is 23.7 Å². The summed E-state index contributed by atoms with van der Waals surface area (Å²) in [5, 5.41) is 0. The van der Waals surface area contributed by atoms with Crippen LogP contribution in [-0.2, 0) is 14.7 Å². The smallest absolute Gasteiger partial charge is 0.435 e. The minimum Gasteiger partial charge on any atom is -0.435 e. The molecule has 1 aromatic heterocycles. The van der Waals surface area contributed by atoms with Gasteiger partial charge in [-0.25, -0.2) is 4.98 Å². The molecular weight excluding hydrogens is 409 g/mol. The van der Waals surface area contributed by atoms with Gasteiger partial charge in [0, 0.05) is 16.5 Å². The van der Waals surface area contributed by atoms with Crippen molar-refractivity contribution in [3.05, 3.63) is 71.8 Å². The molecule has 1 aliphatic heterocycles. The quantitative estimate of drug-likeness (QED) is 0.356.